The lowest BCUT2D eigenvalue weighted by molar-refractivity contribution is -0.138. The van der Waals surface area contributed by atoms with E-state index in [9.17, 15) is 23.1 Å². The second-order valence-electron chi connectivity index (χ2n) is 8.98. The molecule has 2 atom stereocenters. The van der Waals surface area contributed by atoms with E-state index < -0.39 is 35.5 Å². The first-order valence-electron chi connectivity index (χ1n) is 11.9. The molecule has 9 nitrogen and oxygen atoms in total. The van der Waals surface area contributed by atoms with Gasteiger partial charge in [0.25, 0.3) is 5.89 Å². The van der Waals surface area contributed by atoms with Crippen LogP contribution in [0.5, 0.6) is 0 Å². The summed E-state index contributed by atoms with van der Waals surface area (Å²) in [6.45, 7) is 0.473. The number of carbonyl (C=O) groups is 1. The number of alkyl halides is 3. The third-order valence-electron chi connectivity index (χ3n) is 6.44. The van der Waals surface area contributed by atoms with Gasteiger partial charge in [-0.2, -0.15) is 18.2 Å². The summed E-state index contributed by atoms with van der Waals surface area (Å²) in [6.07, 6.45) is -3.82. The molecule has 0 amide bonds. The van der Waals surface area contributed by atoms with Crippen LogP contribution in [-0.2, 0) is 17.4 Å². The number of hydrogen-bond donors (Lipinski definition) is 3. The number of carboxylic acids is 1. The normalized spacial score (nSPS) is 17.4. The molecule has 198 valence electrons. The number of benzene rings is 2. The van der Waals surface area contributed by atoms with E-state index >= 15 is 0 Å². The van der Waals surface area contributed by atoms with Crippen molar-refractivity contribution in [2.75, 3.05) is 6.54 Å². The van der Waals surface area contributed by atoms with Crippen LogP contribution >= 0.6 is 0 Å². The molecular formula is C26H23F3N4O5. The van der Waals surface area contributed by atoms with Crippen molar-refractivity contribution < 1.29 is 37.2 Å². The van der Waals surface area contributed by atoms with Gasteiger partial charge in [0, 0.05) is 23.6 Å². The second-order valence-corrected chi connectivity index (χ2v) is 8.98. The van der Waals surface area contributed by atoms with E-state index in [0.29, 0.717) is 36.9 Å². The summed E-state index contributed by atoms with van der Waals surface area (Å²) < 4.78 is 52.2. The highest BCUT2D eigenvalue weighted by molar-refractivity contribution is 5.71. The van der Waals surface area contributed by atoms with Crippen molar-refractivity contribution in [1.82, 2.24) is 20.6 Å². The number of aliphatic carboxylic acids is 1. The second kappa shape index (κ2) is 10.4. The predicted molar refractivity (Wildman–Crippen MR) is 128 cm³/mol. The lowest BCUT2D eigenvalue weighted by atomic mass is 9.85. The third kappa shape index (κ3) is 5.18. The molecule has 0 aliphatic heterocycles. The zero-order chi connectivity index (χ0) is 26.9. The maximum absolute atomic E-state index is 14.0. The standard InChI is InChI=1S/C26H23F3N4O5/c27-26(28,29)20-21(14-5-2-1-3-6-14)32-37-23(20)25-31-24(33-38-25)16-8-10-17-15(13-16)9-11-18(22(17)36)30-12-4-7-19(34)35/h1-3,5-6,8,10,13,18,22,30,36H,4,7,9,11-12H2,(H,34,35). The number of nitrogens with one attached hydrogen (secondary N) is 1. The van der Waals surface area contributed by atoms with Gasteiger partial charge in [0.05, 0.1) is 6.10 Å². The van der Waals surface area contributed by atoms with Gasteiger partial charge in [-0.05, 0) is 43.0 Å². The van der Waals surface area contributed by atoms with Crippen LogP contribution in [0.15, 0.2) is 57.6 Å². The molecular weight excluding hydrogens is 505 g/mol. The molecule has 4 aromatic rings. The SMILES string of the molecule is O=C(O)CCCNC1CCc2cc(-c3noc(-c4onc(-c5ccccc5)c4C(F)(F)F)n3)ccc2C1O. The van der Waals surface area contributed by atoms with Gasteiger partial charge in [0.2, 0.25) is 11.6 Å². The average Bonchev–Trinajstić information content (AvgIpc) is 3.56. The Hall–Kier alpha value is -4.03. The molecule has 3 N–H and O–H groups in total. The van der Waals surface area contributed by atoms with Crippen LogP contribution in [0.4, 0.5) is 13.2 Å². The molecule has 0 radical (unpaired) electrons. The van der Waals surface area contributed by atoms with Crippen LogP contribution in [0.25, 0.3) is 34.3 Å². The minimum Gasteiger partial charge on any atom is -0.481 e. The van der Waals surface area contributed by atoms with Crippen LogP contribution in [0.2, 0.25) is 0 Å². The van der Waals surface area contributed by atoms with Crippen molar-refractivity contribution >= 4 is 5.97 Å². The Balaban J connectivity index is 1.38. The summed E-state index contributed by atoms with van der Waals surface area (Å²) in [5.41, 5.74) is 0.831. The molecule has 12 heteroatoms. The lowest BCUT2D eigenvalue weighted by Crippen LogP contribution is -2.39. The Kier molecular flexibility index (Phi) is 7.00. The number of fused-ring (bicyclic) bond motifs is 1. The van der Waals surface area contributed by atoms with Crippen molar-refractivity contribution in [3.63, 3.8) is 0 Å². The molecule has 0 bridgehead atoms. The average molecular weight is 528 g/mol. The number of rotatable bonds is 8. The fourth-order valence-electron chi connectivity index (χ4n) is 4.60. The number of halogens is 3. The first-order chi connectivity index (χ1) is 18.2. The molecule has 1 aliphatic carbocycles. The Labute approximate surface area is 214 Å². The number of aliphatic hydroxyl groups is 1. The van der Waals surface area contributed by atoms with Crippen molar-refractivity contribution in [3.8, 4) is 34.3 Å². The summed E-state index contributed by atoms with van der Waals surface area (Å²) >= 11 is 0. The van der Waals surface area contributed by atoms with E-state index in [1.54, 1.807) is 36.4 Å². The van der Waals surface area contributed by atoms with Gasteiger partial charge in [0.15, 0.2) is 0 Å². The van der Waals surface area contributed by atoms with Gasteiger partial charge in [-0.3, -0.25) is 4.79 Å². The van der Waals surface area contributed by atoms with E-state index in [-0.39, 0.29) is 29.5 Å². The number of aryl methyl sites for hydroxylation is 1. The third-order valence-corrected chi connectivity index (χ3v) is 6.44. The fraction of sp³-hybridized carbons (Fsp3) is 0.308. The molecule has 2 aromatic carbocycles. The number of aromatic nitrogens is 3. The summed E-state index contributed by atoms with van der Waals surface area (Å²) in [5.74, 6) is -1.92. The highest BCUT2D eigenvalue weighted by atomic mass is 19.4. The number of aliphatic hydroxyl groups excluding tert-OH is 1. The van der Waals surface area contributed by atoms with Crippen LogP contribution in [0.1, 0.15) is 42.1 Å². The molecule has 2 unspecified atom stereocenters. The Morgan fingerprint density at radius 1 is 1.08 bits per heavy atom. The zero-order valence-electron chi connectivity index (χ0n) is 19.9. The van der Waals surface area contributed by atoms with Crippen LogP contribution in [0.3, 0.4) is 0 Å². The van der Waals surface area contributed by atoms with Gasteiger partial charge >= 0.3 is 12.1 Å². The maximum Gasteiger partial charge on any atom is 0.422 e. The highest BCUT2D eigenvalue weighted by Crippen LogP contribution is 2.43. The first kappa shape index (κ1) is 25.6. The number of carboxylic acid groups (broad SMARTS) is 1. The lowest BCUT2D eigenvalue weighted by Gasteiger charge is -2.31. The molecule has 2 aromatic heterocycles. The predicted octanol–water partition coefficient (Wildman–Crippen LogP) is 4.88. The van der Waals surface area contributed by atoms with Crippen molar-refractivity contribution in [3.05, 3.63) is 65.2 Å². The minimum absolute atomic E-state index is 0.0501. The summed E-state index contributed by atoms with van der Waals surface area (Å²) in [4.78, 5) is 14.8. The van der Waals surface area contributed by atoms with E-state index in [0.717, 1.165) is 5.56 Å². The monoisotopic (exact) mass is 528 g/mol. The minimum atomic E-state index is -4.78. The molecule has 0 spiro atoms. The van der Waals surface area contributed by atoms with Crippen LogP contribution in [-0.4, -0.2) is 44.1 Å². The summed E-state index contributed by atoms with van der Waals surface area (Å²) in [5, 5.41) is 30.2. The molecule has 38 heavy (non-hydrogen) atoms. The largest absolute Gasteiger partial charge is 0.481 e. The quantitative estimate of drug-likeness (QED) is 0.274. The number of hydrogen-bond acceptors (Lipinski definition) is 8. The van der Waals surface area contributed by atoms with E-state index in [2.05, 4.69) is 20.6 Å². The molecule has 2 heterocycles. The Morgan fingerprint density at radius 3 is 2.61 bits per heavy atom. The molecule has 5 rings (SSSR count). The molecule has 0 saturated heterocycles. The topological polar surface area (TPSA) is 135 Å². The van der Waals surface area contributed by atoms with Crippen LogP contribution in [0, 0.1) is 0 Å². The molecule has 1 aliphatic rings. The van der Waals surface area contributed by atoms with Crippen LogP contribution < -0.4 is 5.32 Å². The number of nitrogens with zero attached hydrogens (tertiary/aromatic N) is 3. The molecule has 0 fully saturated rings. The highest BCUT2D eigenvalue weighted by Gasteiger charge is 2.43. The summed E-state index contributed by atoms with van der Waals surface area (Å²) in [7, 11) is 0. The van der Waals surface area contributed by atoms with E-state index in [4.69, 9.17) is 14.2 Å². The molecule has 0 saturated carbocycles. The smallest absolute Gasteiger partial charge is 0.422 e. The van der Waals surface area contributed by atoms with Crippen molar-refractivity contribution in [2.24, 2.45) is 0 Å². The van der Waals surface area contributed by atoms with Crippen molar-refractivity contribution in [2.45, 2.75) is 44.0 Å². The maximum atomic E-state index is 14.0. The van der Waals surface area contributed by atoms with Gasteiger partial charge in [-0.25, -0.2) is 0 Å². The Morgan fingerprint density at radius 2 is 1.87 bits per heavy atom. The van der Waals surface area contributed by atoms with Gasteiger partial charge in [-0.1, -0.05) is 52.8 Å². The van der Waals surface area contributed by atoms with Gasteiger partial charge < -0.3 is 24.6 Å². The van der Waals surface area contributed by atoms with Gasteiger partial charge in [0.1, 0.15) is 11.3 Å². The fourth-order valence-corrected chi connectivity index (χ4v) is 4.60. The van der Waals surface area contributed by atoms with E-state index in [1.165, 1.54) is 12.1 Å². The Bertz CT molecular complexity index is 1430. The van der Waals surface area contributed by atoms with E-state index in [1.807, 2.05) is 0 Å². The first-order valence-corrected chi connectivity index (χ1v) is 11.9. The zero-order valence-corrected chi connectivity index (χ0v) is 19.9. The summed E-state index contributed by atoms with van der Waals surface area (Å²) in [6, 6.07) is 12.8. The van der Waals surface area contributed by atoms with Gasteiger partial charge in [-0.15, -0.1) is 0 Å². The van der Waals surface area contributed by atoms with Crippen molar-refractivity contribution in [1.29, 1.82) is 0 Å².